The third kappa shape index (κ3) is 3.55. The van der Waals surface area contributed by atoms with E-state index in [9.17, 15) is 9.90 Å². The largest absolute Gasteiger partial charge is 0.387 e. The number of hydrogen-bond acceptors (Lipinski definition) is 6. The molecule has 132 valence electrons. The highest BCUT2D eigenvalue weighted by molar-refractivity contribution is 7.16. The Morgan fingerprint density at radius 3 is 2.92 bits per heavy atom. The van der Waals surface area contributed by atoms with Gasteiger partial charge in [0.1, 0.15) is 0 Å². The van der Waals surface area contributed by atoms with Gasteiger partial charge in [-0.2, -0.15) is 0 Å². The lowest BCUT2D eigenvalue weighted by molar-refractivity contribution is 0.0587. The van der Waals surface area contributed by atoms with Crippen molar-refractivity contribution in [1.29, 1.82) is 0 Å². The van der Waals surface area contributed by atoms with Crippen molar-refractivity contribution in [1.82, 2.24) is 14.3 Å². The molecule has 0 aliphatic carbocycles. The summed E-state index contributed by atoms with van der Waals surface area (Å²) in [5.41, 5.74) is 0.830. The fourth-order valence-electron chi connectivity index (χ4n) is 3.49. The highest BCUT2D eigenvalue weighted by Gasteiger charge is 2.27. The normalized spacial score (nSPS) is 18.0. The second-order valence-corrected chi connectivity index (χ2v) is 8.85. The van der Waals surface area contributed by atoms with E-state index in [1.165, 1.54) is 0 Å². The lowest BCUT2D eigenvalue weighted by Crippen LogP contribution is -2.35. The summed E-state index contributed by atoms with van der Waals surface area (Å²) in [5, 5.41) is 12.5. The molecule has 0 saturated carbocycles. The van der Waals surface area contributed by atoms with Crippen LogP contribution in [0.3, 0.4) is 0 Å². The van der Waals surface area contributed by atoms with Crippen molar-refractivity contribution < 1.29 is 5.11 Å². The van der Waals surface area contributed by atoms with Gasteiger partial charge in [0.25, 0.3) is 5.56 Å². The molecule has 0 amide bonds. The van der Waals surface area contributed by atoms with E-state index in [1.807, 2.05) is 30.6 Å². The second kappa shape index (κ2) is 6.99. The highest BCUT2D eigenvalue weighted by Crippen LogP contribution is 2.33. The predicted octanol–water partition coefficient (Wildman–Crippen LogP) is 3.07. The smallest absolute Gasteiger partial charge is 0.258 e. The zero-order valence-electron chi connectivity index (χ0n) is 14.1. The third-order valence-electron chi connectivity index (χ3n) is 4.84. The summed E-state index contributed by atoms with van der Waals surface area (Å²) in [5.74, 6) is 0.316. The molecule has 5 nitrogen and oxygen atoms in total. The Labute approximate surface area is 154 Å². The van der Waals surface area contributed by atoms with Crippen molar-refractivity contribution >= 4 is 27.6 Å². The van der Waals surface area contributed by atoms with Crippen molar-refractivity contribution in [3.63, 3.8) is 0 Å². The maximum absolute atomic E-state index is 12.2. The van der Waals surface area contributed by atoms with Gasteiger partial charge < -0.3 is 5.11 Å². The number of nitrogens with zero attached hydrogens (tertiary/aromatic N) is 3. The Morgan fingerprint density at radius 2 is 2.20 bits per heavy atom. The number of aromatic nitrogens is 2. The van der Waals surface area contributed by atoms with Crippen LogP contribution in [0.15, 0.2) is 34.6 Å². The van der Waals surface area contributed by atoms with Crippen LogP contribution in [0.4, 0.5) is 0 Å². The summed E-state index contributed by atoms with van der Waals surface area (Å²) in [6.45, 7) is 4.54. The Balaban J connectivity index is 1.41. The van der Waals surface area contributed by atoms with E-state index in [0.717, 1.165) is 46.3 Å². The fourth-order valence-corrected chi connectivity index (χ4v) is 5.14. The summed E-state index contributed by atoms with van der Waals surface area (Å²) >= 11 is 3.17. The molecule has 1 aliphatic rings. The number of thiophene rings is 1. The fraction of sp³-hybridized carbons (Fsp3) is 0.444. The number of thiazole rings is 1. The van der Waals surface area contributed by atoms with Crippen molar-refractivity contribution in [2.45, 2.75) is 32.4 Å². The molecule has 3 aromatic heterocycles. The first-order chi connectivity index (χ1) is 12.1. The molecule has 25 heavy (non-hydrogen) atoms. The van der Waals surface area contributed by atoms with Gasteiger partial charge in [-0.05, 0) is 50.2 Å². The highest BCUT2D eigenvalue weighted by atomic mass is 32.1. The first kappa shape index (κ1) is 16.9. The topological polar surface area (TPSA) is 57.8 Å². The van der Waals surface area contributed by atoms with Crippen molar-refractivity contribution in [3.8, 4) is 0 Å². The molecule has 1 N–H and O–H groups in total. The molecular weight excluding hydrogens is 354 g/mol. The SMILES string of the molecule is Cc1cn2c(=O)cc(CN3CCC([C@H](O)c4cccs4)CC3)nc2s1. The summed E-state index contributed by atoms with van der Waals surface area (Å²) in [6, 6.07) is 5.65. The van der Waals surface area contributed by atoms with E-state index < -0.39 is 0 Å². The molecule has 4 rings (SSSR count). The number of hydrogen-bond donors (Lipinski definition) is 1. The van der Waals surface area contributed by atoms with Crippen LogP contribution in [-0.2, 0) is 6.54 Å². The van der Waals surface area contributed by atoms with Crippen LogP contribution in [0, 0.1) is 12.8 Å². The van der Waals surface area contributed by atoms with Crippen molar-refractivity contribution in [3.05, 3.63) is 55.6 Å². The van der Waals surface area contributed by atoms with Gasteiger partial charge in [-0.25, -0.2) is 4.98 Å². The van der Waals surface area contributed by atoms with Gasteiger partial charge in [0.15, 0.2) is 4.96 Å². The van der Waals surface area contributed by atoms with E-state index in [-0.39, 0.29) is 11.7 Å². The van der Waals surface area contributed by atoms with Crippen molar-refractivity contribution in [2.75, 3.05) is 13.1 Å². The lowest BCUT2D eigenvalue weighted by atomic mass is 9.90. The monoisotopic (exact) mass is 375 g/mol. The molecule has 1 aliphatic heterocycles. The maximum atomic E-state index is 12.2. The van der Waals surface area contributed by atoms with Gasteiger partial charge >= 0.3 is 0 Å². The van der Waals surface area contributed by atoms with E-state index in [1.54, 1.807) is 33.1 Å². The minimum Gasteiger partial charge on any atom is -0.387 e. The number of piperidine rings is 1. The van der Waals surface area contributed by atoms with Crippen LogP contribution in [0.5, 0.6) is 0 Å². The van der Waals surface area contributed by atoms with Gasteiger partial charge in [0.2, 0.25) is 0 Å². The standard InChI is InChI=1S/C18H21N3O2S2/c1-12-10-21-16(22)9-14(19-18(21)25-12)11-20-6-4-13(5-7-20)17(23)15-3-2-8-24-15/h2-3,8-10,13,17,23H,4-7,11H2,1H3/t17-/m0/s1. The van der Waals surface area contributed by atoms with E-state index >= 15 is 0 Å². The quantitative estimate of drug-likeness (QED) is 0.761. The molecule has 0 spiro atoms. The summed E-state index contributed by atoms with van der Waals surface area (Å²) in [4.78, 5) is 22.1. The van der Waals surface area contributed by atoms with E-state index in [0.29, 0.717) is 12.5 Å². The van der Waals surface area contributed by atoms with Crippen LogP contribution in [0.1, 0.15) is 34.4 Å². The number of aliphatic hydroxyl groups is 1. The molecule has 3 aromatic rings. The zero-order chi connectivity index (χ0) is 17.4. The van der Waals surface area contributed by atoms with Crippen LogP contribution < -0.4 is 5.56 Å². The van der Waals surface area contributed by atoms with E-state index in [2.05, 4.69) is 9.88 Å². The molecule has 0 aromatic carbocycles. The first-order valence-corrected chi connectivity index (χ1v) is 10.2. The molecule has 1 fully saturated rings. The van der Waals surface area contributed by atoms with Crippen molar-refractivity contribution in [2.24, 2.45) is 5.92 Å². The molecule has 4 heterocycles. The van der Waals surface area contributed by atoms with Crippen LogP contribution in [0.25, 0.3) is 4.96 Å². The molecule has 0 unspecified atom stereocenters. The Morgan fingerprint density at radius 1 is 1.40 bits per heavy atom. The van der Waals surface area contributed by atoms with Crippen LogP contribution in [0.2, 0.25) is 0 Å². The Hall–Kier alpha value is -1.54. The molecule has 0 bridgehead atoms. The summed E-state index contributed by atoms with van der Waals surface area (Å²) in [6.07, 6.45) is 3.43. The average Bonchev–Trinajstić information content (AvgIpc) is 3.24. The van der Waals surface area contributed by atoms with Crippen LogP contribution in [-0.4, -0.2) is 32.5 Å². The third-order valence-corrected chi connectivity index (χ3v) is 6.68. The Kier molecular flexibility index (Phi) is 4.73. The number of likely N-dealkylation sites (tertiary alicyclic amines) is 1. The lowest BCUT2D eigenvalue weighted by Gasteiger charge is -2.33. The number of rotatable bonds is 4. The maximum Gasteiger partial charge on any atom is 0.258 e. The predicted molar refractivity (Wildman–Crippen MR) is 101 cm³/mol. The van der Waals surface area contributed by atoms with Crippen LogP contribution >= 0.6 is 22.7 Å². The van der Waals surface area contributed by atoms with Gasteiger partial charge in [0.05, 0.1) is 11.8 Å². The minimum absolute atomic E-state index is 0.00708. The number of aliphatic hydroxyl groups excluding tert-OH is 1. The summed E-state index contributed by atoms with van der Waals surface area (Å²) < 4.78 is 1.62. The number of aryl methyl sites for hydroxylation is 1. The van der Waals surface area contributed by atoms with Gasteiger partial charge in [0, 0.05) is 28.6 Å². The molecule has 0 radical (unpaired) electrons. The first-order valence-electron chi connectivity index (χ1n) is 8.53. The molecule has 7 heteroatoms. The average molecular weight is 376 g/mol. The Bertz CT molecular complexity index is 908. The zero-order valence-corrected chi connectivity index (χ0v) is 15.7. The molecule has 1 atom stereocenters. The van der Waals surface area contributed by atoms with Gasteiger partial charge in [-0.1, -0.05) is 6.07 Å². The second-order valence-electron chi connectivity index (χ2n) is 6.65. The van der Waals surface area contributed by atoms with E-state index in [4.69, 9.17) is 0 Å². The molecular formula is C18H21N3O2S2. The van der Waals surface area contributed by atoms with Gasteiger partial charge in [-0.3, -0.25) is 14.1 Å². The van der Waals surface area contributed by atoms with Gasteiger partial charge in [-0.15, -0.1) is 22.7 Å². The summed E-state index contributed by atoms with van der Waals surface area (Å²) in [7, 11) is 0. The number of fused-ring (bicyclic) bond motifs is 1. The minimum atomic E-state index is -0.352. The molecule has 1 saturated heterocycles.